The van der Waals surface area contributed by atoms with Gasteiger partial charge in [-0.15, -0.1) is 24.0 Å². The average Bonchev–Trinajstić information content (AvgIpc) is 3.32. The van der Waals surface area contributed by atoms with Crippen LogP contribution < -0.4 is 10.6 Å². The van der Waals surface area contributed by atoms with Crippen molar-refractivity contribution < 1.29 is 9.21 Å². The Bertz CT molecular complexity index is 836. The molecule has 6 nitrogen and oxygen atoms in total. The Hall–Kier alpha value is -2.29. The fourth-order valence-electron chi connectivity index (χ4n) is 3.66. The van der Waals surface area contributed by atoms with Crippen LogP contribution >= 0.6 is 24.0 Å². The van der Waals surface area contributed by atoms with E-state index in [1.54, 1.807) is 6.26 Å². The van der Waals surface area contributed by atoms with Crippen LogP contribution in [0.15, 0.2) is 70.3 Å². The Kier molecular flexibility index (Phi) is 9.42. The molecule has 2 atom stereocenters. The largest absolute Gasteiger partial charge is 0.469 e. The average molecular weight is 522 g/mol. The van der Waals surface area contributed by atoms with Crippen molar-refractivity contribution in [2.45, 2.75) is 25.8 Å². The summed E-state index contributed by atoms with van der Waals surface area (Å²) in [6.45, 7) is 7.82. The fourth-order valence-corrected chi connectivity index (χ4v) is 3.66. The quantitative estimate of drug-likeness (QED) is 0.240. The molecule has 0 spiro atoms. The predicted octanol–water partition coefficient (Wildman–Crippen LogP) is 3.77. The third-order valence-corrected chi connectivity index (χ3v) is 5.12. The third-order valence-electron chi connectivity index (χ3n) is 5.12. The summed E-state index contributed by atoms with van der Waals surface area (Å²) in [4.78, 5) is 18.8. The summed E-state index contributed by atoms with van der Waals surface area (Å²) in [7, 11) is 1.89. The second kappa shape index (κ2) is 11.8. The number of rotatable bonds is 8. The summed E-state index contributed by atoms with van der Waals surface area (Å²) < 4.78 is 5.38. The molecule has 2 unspecified atom stereocenters. The van der Waals surface area contributed by atoms with Crippen LogP contribution in [-0.4, -0.2) is 43.4 Å². The lowest BCUT2D eigenvalue weighted by Crippen LogP contribution is -2.41. The van der Waals surface area contributed by atoms with Gasteiger partial charge in [-0.25, -0.2) is 4.99 Å². The number of furan rings is 1. The number of guanidine groups is 1. The molecule has 7 heteroatoms. The molecule has 2 heterocycles. The van der Waals surface area contributed by atoms with E-state index in [0.717, 1.165) is 23.7 Å². The number of carbonyl (C=O) groups excluding carboxylic acids is 1. The van der Waals surface area contributed by atoms with Crippen molar-refractivity contribution in [3.05, 3.63) is 72.2 Å². The minimum Gasteiger partial charge on any atom is -0.469 e. The Morgan fingerprint density at radius 2 is 2.00 bits per heavy atom. The zero-order valence-corrected chi connectivity index (χ0v) is 20.0. The number of halogens is 1. The minimum absolute atomic E-state index is 0. The molecule has 1 aliphatic rings. The van der Waals surface area contributed by atoms with Crippen LogP contribution in [0, 0.1) is 5.92 Å². The van der Waals surface area contributed by atoms with Crippen LogP contribution in [0.2, 0.25) is 0 Å². The number of aliphatic imine (C=N–C) groups is 1. The van der Waals surface area contributed by atoms with Crippen molar-refractivity contribution >= 4 is 35.8 Å². The summed E-state index contributed by atoms with van der Waals surface area (Å²) in [6, 6.07) is 14.1. The van der Waals surface area contributed by atoms with Crippen molar-refractivity contribution in [2.24, 2.45) is 10.9 Å². The molecule has 2 aromatic rings. The number of benzene rings is 1. The molecule has 1 aliphatic heterocycles. The maximum atomic E-state index is 12.4. The Morgan fingerprint density at radius 1 is 1.23 bits per heavy atom. The van der Waals surface area contributed by atoms with Crippen molar-refractivity contribution in [3.8, 4) is 0 Å². The molecule has 30 heavy (non-hydrogen) atoms. The number of amides is 1. The number of carbonyl (C=O) groups is 1. The van der Waals surface area contributed by atoms with Gasteiger partial charge in [-0.1, -0.05) is 42.5 Å². The van der Waals surface area contributed by atoms with Gasteiger partial charge in [0.2, 0.25) is 5.91 Å². The second-order valence-electron chi connectivity index (χ2n) is 7.58. The van der Waals surface area contributed by atoms with E-state index in [1.807, 2.05) is 49.2 Å². The summed E-state index contributed by atoms with van der Waals surface area (Å²) in [5.41, 5.74) is 2.16. The van der Waals surface area contributed by atoms with Gasteiger partial charge in [-0.05, 0) is 24.6 Å². The van der Waals surface area contributed by atoms with Gasteiger partial charge in [-0.2, -0.15) is 0 Å². The molecule has 1 fully saturated rings. The zero-order valence-electron chi connectivity index (χ0n) is 17.6. The standard InChI is InChI=1S/C23H30N4O2.HI/c1-17(2)15-25-23(24-12-11-20-10-7-13-29-20)26-16-19-14-21(28)27(3)22(19)18-8-5-4-6-9-18;/h4-10,13,19,22H,1,11-12,14-16H2,2-3H3,(H2,24,25,26);1H. The molecule has 0 bridgehead atoms. The molecule has 0 radical (unpaired) electrons. The van der Waals surface area contributed by atoms with Gasteiger partial charge < -0.3 is 20.0 Å². The first-order valence-electron chi connectivity index (χ1n) is 10.0. The third kappa shape index (κ3) is 6.62. The van der Waals surface area contributed by atoms with Gasteiger partial charge >= 0.3 is 0 Å². The SMILES string of the molecule is C=C(C)CN=C(NCCc1ccco1)NCC1CC(=O)N(C)C1c1ccccc1.I. The van der Waals surface area contributed by atoms with E-state index in [4.69, 9.17) is 4.42 Å². The molecule has 1 amide bonds. The van der Waals surface area contributed by atoms with Crippen LogP contribution in [-0.2, 0) is 11.2 Å². The van der Waals surface area contributed by atoms with Crippen molar-refractivity contribution in [3.63, 3.8) is 0 Å². The number of hydrogen-bond donors (Lipinski definition) is 2. The van der Waals surface area contributed by atoms with Crippen LogP contribution in [0.4, 0.5) is 0 Å². The molecular formula is C23H31IN4O2. The summed E-state index contributed by atoms with van der Waals surface area (Å²) in [6.07, 6.45) is 2.99. The minimum atomic E-state index is 0. The molecule has 0 aliphatic carbocycles. The molecular weight excluding hydrogens is 491 g/mol. The molecule has 0 saturated carbocycles. The van der Waals surface area contributed by atoms with E-state index in [-0.39, 0.29) is 41.8 Å². The normalized spacial score (nSPS) is 18.8. The van der Waals surface area contributed by atoms with Crippen molar-refractivity contribution in [1.29, 1.82) is 0 Å². The molecule has 162 valence electrons. The van der Waals surface area contributed by atoms with Crippen molar-refractivity contribution in [1.82, 2.24) is 15.5 Å². The lowest BCUT2D eigenvalue weighted by atomic mass is 9.94. The lowest BCUT2D eigenvalue weighted by Gasteiger charge is -2.26. The Labute approximate surface area is 195 Å². The van der Waals surface area contributed by atoms with E-state index >= 15 is 0 Å². The Balaban J connectivity index is 0.00000320. The van der Waals surface area contributed by atoms with Crippen molar-refractivity contribution in [2.75, 3.05) is 26.7 Å². The van der Waals surface area contributed by atoms with E-state index in [0.29, 0.717) is 26.1 Å². The second-order valence-corrected chi connectivity index (χ2v) is 7.58. The first-order chi connectivity index (χ1) is 14.0. The molecule has 1 aromatic carbocycles. The highest BCUT2D eigenvalue weighted by Gasteiger charge is 2.38. The zero-order chi connectivity index (χ0) is 20.6. The van der Waals surface area contributed by atoms with E-state index < -0.39 is 0 Å². The summed E-state index contributed by atoms with van der Waals surface area (Å²) >= 11 is 0. The van der Waals surface area contributed by atoms with E-state index in [1.165, 1.54) is 5.56 Å². The maximum absolute atomic E-state index is 12.4. The van der Waals surface area contributed by atoms with E-state index in [9.17, 15) is 4.79 Å². The Morgan fingerprint density at radius 3 is 2.67 bits per heavy atom. The van der Waals surface area contributed by atoms with Gasteiger partial charge in [-0.3, -0.25) is 4.79 Å². The van der Waals surface area contributed by atoms with Crippen LogP contribution in [0.5, 0.6) is 0 Å². The molecule has 3 rings (SSSR count). The van der Waals surface area contributed by atoms with Crippen LogP contribution in [0.3, 0.4) is 0 Å². The van der Waals surface area contributed by atoms with Crippen LogP contribution in [0.1, 0.15) is 30.7 Å². The van der Waals surface area contributed by atoms with Gasteiger partial charge in [0, 0.05) is 38.9 Å². The van der Waals surface area contributed by atoms with Crippen LogP contribution in [0.25, 0.3) is 0 Å². The molecule has 1 saturated heterocycles. The van der Waals surface area contributed by atoms with Gasteiger partial charge in [0.25, 0.3) is 0 Å². The number of nitrogens with zero attached hydrogens (tertiary/aromatic N) is 2. The summed E-state index contributed by atoms with van der Waals surface area (Å²) in [5, 5.41) is 6.78. The lowest BCUT2D eigenvalue weighted by molar-refractivity contribution is -0.127. The predicted molar refractivity (Wildman–Crippen MR) is 131 cm³/mol. The molecule has 2 N–H and O–H groups in total. The fraction of sp³-hybridized carbons (Fsp3) is 0.391. The van der Waals surface area contributed by atoms with Gasteiger partial charge in [0.1, 0.15) is 5.76 Å². The maximum Gasteiger partial charge on any atom is 0.223 e. The number of nitrogens with one attached hydrogen (secondary N) is 2. The first kappa shape index (κ1) is 24.0. The number of hydrogen-bond acceptors (Lipinski definition) is 3. The van der Waals surface area contributed by atoms with E-state index in [2.05, 4.69) is 34.3 Å². The molecule has 1 aromatic heterocycles. The van der Waals surface area contributed by atoms with Gasteiger partial charge in [0.05, 0.1) is 18.8 Å². The highest BCUT2D eigenvalue weighted by atomic mass is 127. The highest BCUT2D eigenvalue weighted by molar-refractivity contribution is 14.0. The smallest absolute Gasteiger partial charge is 0.223 e. The first-order valence-corrected chi connectivity index (χ1v) is 10.0. The number of likely N-dealkylation sites (tertiary alicyclic amines) is 1. The topological polar surface area (TPSA) is 69.9 Å². The van der Waals surface area contributed by atoms with Gasteiger partial charge in [0.15, 0.2) is 5.96 Å². The summed E-state index contributed by atoms with van der Waals surface area (Å²) in [5.74, 6) is 2.02. The highest BCUT2D eigenvalue weighted by Crippen LogP contribution is 2.36. The monoisotopic (exact) mass is 522 g/mol.